The van der Waals surface area contributed by atoms with Crippen LogP contribution in [0.25, 0.3) is 16.5 Å². The van der Waals surface area contributed by atoms with Gasteiger partial charge in [0.25, 0.3) is 0 Å². The summed E-state index contributed by atoms with van der Waals surface area (Å²) in [5.41, 5.74) is 3.58. The highest BCUT2D eigenvalue weighted by molar-refractivity contribution is 7.88. The first kappa shape index (κ1) is 19.3. The van der Waals surface area contributed by atoms with Crippen LogP contribution in [0.2, 0.25) is 0 Å². The minimum absolute atomic E-state index is 0.178. The number of ether oxygens (including phenoxy) is 1. The lowest BCUT2D eigenvalue weighted by atomic mass is 9.88. The molecule has 1 aliphatic rings. The zero-order valence-corrected chi connectivity index (χ0v) is 17.3. The fourth-order valence-corrected chi connectivity index (χ4v) is 5.06. The zero-order chi connectivity index (χ0) is 20.6. The molecule has 3 aromatic rings. The topological polar surface area (TPSA) is 46.6 Å². The van der Waals surface area contributed by atoms with Crippen molar-refractivity contribution in [3.8, 4) is 0 Å². The van der Waals surface area contributed by atoms with Crippen molar-refractivity contribution >= 4 is 26.5 Å². The van der Waals surface area contributed by atoms with Crippen molar-refractivity contribution in [3.05, 3.63) is 102 Å². The summed E-state index contributed by atoms with van der Waals surface area (Å²) in [5, 5.41) is 2.26. The summed E-state index contributed by atoms with van der Waals surface area (Å²) in [5.74, 6) is 0.446. The average molecular weight is 406 g/mol. The second-order valence-electron chi connectivity index (χ2n) is 7.09. The molecule has 0 heterocycles. The van der Waals surface area contributed by atoms with Crippen molar-refractivity contribution in [2.45, 2.75) is 5.92 Å². The average Bonchev–Trinajstić information content (AvgIpc) is 3.04. The van der Waals surface area contributed by atoms with Crippen LogP contribution in [-0.4, -0.2) is 32.6 Å². The molecule has 1 aliphatic carbocycles. The highest BCUT2D eigenvalue weighted by Gasteiger charge is 2.38. The molecular weight excluding hydrogens is 382 g/mol. The lowest BCUT2D eigenvalue weighted by Gasteiger charge is -2.24. The Balaban J connectivity index is 2.04. The number of sulfonamides is 1. The molecule has 29 heavy (non-hydrogen) atoms. The second-order valence-corrected chi connectivity index (χ2v) is 9.00. The molecule has 0 aliphatic heterocycles. The van der Waals surface area contributed by atoms with Crippen LogP contribution in [0.4, 0.5) is 0 Å². The van der Waals surface area contributed by atoms with Gasteiger partial charge < -0.3 is 4.74 Å². The van der Waals surface area contributed by atoms with E-state index in [2.05, 4.69) is 30.8 Å². The van der Waals surface area contributed by atoms with Gasteiger partial charge in [-0.1, -0.05) is 72.8 Å². The molecule has 0 aromatic heterocycles. The van der Waals surface area contributed by atoms with Gasteiger partial charge in [0.1, 0.15) is 5.76 Å². The Morgan fingerprint density at radius 1 is 1.00 bits per heavy atom. The molecule has 0 saturated heterocycles. The fraction of sp³-hybridized carbons (Fsp3) is 0.167. The molecule has 4 nitrogen and oxygen atoms in total. The van der Waals surface area contributed by atoms with E-state index in [0.717, 1.165) is 27.5 Å². The number of allylic oxidation sites excluding steroid dienone is 1. The van der Waals surface area contributed by atoms with Crippen LogP contribution in [0.15, 0.2) is 85.1 Å². The first-order valence-electron chi connectivity index (χ1n) is 9.41. The highest BCUT2D eigenvalue weighted by atomic mass is 32.2. The smallest absolute Gasteiger partial charge is 0.232 e. The largest absolute Gasteiger partial charge is 0.498 e. The summed E-state index contributed by atoms with van der Waals surface area (Å²) in [6.45, 7) is 3.92. The van der Waals surface area contributed by atoms with Crippen LogP contribution in [0, 0.1) is 0 Å². The van der Waals surface area contributed by atoms with E-state index in [-0.39, 0.29) is 12.5 Å². The van der Waals surface area contributed by atoms with E-state index < -0.39 is 10.0 Å². The number of fused-ring (bicyclic) bond motifs is 2. The van der Waals surface area contributed by atoms with Crippen LogP contribution in [-0.2, 0) is 14.8 Å². The Bertz CT molecular complexity index is 1220. The van der Waals surface area contributed by atoms with E-state index in [9.17, 15) is 8.42 Å². The normalized spacial score (nSPS) is 16.0. The molecule has 1 unspecified atom stereocenters. The van der Waals surface area contributed by atoms with E-state index in [1.165, 1.54) is 10.6 Å². The van der Waals surface area contributed by atoms with Gasteiger partial charge in [-0.25, -0.2) is 8.42 Å². The summed E-state index contributed by atoms with van der Waals surface area (Å²) >= 11 is 0. The lowest BCUT2D eigenvalue weighted by molar-refractivity contribution is 0.274. The molecule has 5 heteroatoms. The van der Waals surface area contributed by atoms with E-state index in [4.69, 9.17) is 4.74 Å². The molecule has 0 fully saturated rings. The molecular formula is C24H23NO3S. The second kappa shape index (κ2) is 7.41. The number of rotatable bonds is 6. The maximum atomic E-state index is 12.6. The van der Waals surface area contributed by atoms with Gasteiger partial charge in [0.05, 0.1) is 31.5 Å². The Labute approximate surface area is 171 Å². The number of hydrogen-bond acceptors (Lipinski definition) is 3. The molecule has 0 radical (unpaired) electrons. The van der Waals surface area contributed by atoms with Gasteiger partial charge in [-0.15, -0.1) is 6.58 Å². The molecule has 0 amide bonds. The first-order chi connectivity index (χ1) is 14.0. The Morgan fingerprint density at radius 2 is 1.66 bits per heavy atom. The van der Waals surface area contributed by atoms with Gasteiger partial charge in [-0.3, -0.25) is 4.31 Å². The van der Waals surface area contributed by atoms with Crippen molar-refractivity contribution < 1.29 is 13.2 Å². The number of hydrogen-bond donors (Lipinski definition) is 0. The van der Waals surface area contributed by atoms with E-state index in [1.54, 1.807) is 13.2 Å². The minimum atomic E-state index is -3.52. The quantitative estimate of drug-likeness (QED) is 0.556. The Hall–Kier alpha value is -3.05. The van der Waals surface area contributed by atoms with Crippen molar-refractivity contribution in [1.82, 2.24) is 4.31 Å². The third-order valence-electron chi connectivity index (χ3n) is 5.32. The molecule has 0 bridgehead atoms. The van der Waals surface area contributed by atoms with Gasteiger partial charge in [0.2, 0.25) is 10.0 Å². The first-order valence-corrected chi connectivity index (χ1v) is 11.3. The predicted octanol–water partition coefficient (Wildman–Crippen LogP) is 4.75. The van der Waals surface area contributed by atoms with Crippen LogP contribution < -0.4 is 0 Å². The van der Waals surface area contributed by atoms with E-state index in [0.29, 0.717) is 11.5 Å². The van der Waals surface area contributed by atoms with Crippen molar-refractivity contribution in [3.63, 3.8) is 0 Å². The molecule has 0 saturated carbocycles. The number of nitrogens with zero attached hydrogens (tertiary/aromatic N) is 1. The fourth-order valence-electron chi connectivity index (χ4n) is 4.17. The van der Waals surface area contributed by atoms with Gasteiger partial charge in [0, 0.05) is 5.56 Å². The van der Waals surface area contributed by atoms with Crippen LogP contribution in [0.5, 0.6) is 0 Å². The van der Waals surface area contributed by atoms with Crippen molar-refractivity contribution in [1.29, 1.82) is 0 Å². The van der Waals surface area contributed by atoms with Crippen LogP contribution >= 0.6 is 0 Å². The molecule has 0 N–H and O–H groups in total. The molecule has 1 atom stereocenters. The van der Waals surface area contributed by atoms with Gasteiger partial charge >= 0.3 is 0 Å². The van der Waals surface area contributed by atoms with Gasteiger partial charge in [0.15, 0.2) is 0 Å². The SMILES string of the molecule is C=CCN(C1=C(OC)C(c2cccc3ccccc23)c2ccccc21)S(C)(=O)=O. The standard InChI is InChI=1S/C24H23NO3S/c1-4-16-25(29(3,26)27)23-21-14-8-7-13-20(21)22(24(23)28-2)19-15-9-11-17-10-5-6-12-18(17)19/h4-15,22H,1,16H2,2-3H3. The van der Waals surface area contributed by atoms with E-state index >= 15 is 0 Å². The molecule has 0 spiro atoms. The third-order valence-corrected chi connectivity index (χ3v) is 6.45. The van der Waals surface area contributed by atoms with Crippen molar-refractivity contribution in [2.75, 3.05) is 19.9 Å². The molecule has 4 rings (SSSR count). The van der Waals surface area contributed by atoms with Gasteiger partial charge in [-0.2, -0.15) is 0 Å². The number of benzene rings is 3. The third kappa shape index (κ3) is 3.21. The minimum Gasteiger partial charge on any atom is -0.498 e. The Morgan fingerprint density at radius 3 is 2.38 bits per heavy atom. The van der Waals surface area contributed by atoms with Crippen LogP contribution in [0.3, 0.4) is 0 Å². The maximum Gasteiger partial charge on any atom is 0.232 e. The summed E-state index contributed by atoms with van der Waals surface area (Å²) < 4.78 is 32.5. The molecule has 3 aromatic carbocycles. The summed E-state index contributed by atoms with van der Waals surface area (Å²) in [6, 6.07) is 22.3. The van der Waals surface area contributed by atoms with Crippen LogP contribution in [0.1, 0.15) is 22.6 Å². The summed E-state index contributed by atoms with van der Waals surface area (Å²) in [7, 11) is -1.92. The predicted molar refractivity (Wildman–Crippen MR) is 118 cm³/mol. The summed E-state index contributed by atoms with van der Waals surface area (Å²) in [6.07, 6.45) is 2.81. The molecule has 148 valence electrons. The summed E-state index contributed by atoms with van der Waals surface area (Å²) in [4.78, 5) is 0. The monoisotopic (exact) mass is 405 g/mol. The van der Waals surface area contributed by atoms with Crippen molar-refractivity contribution in [2.24, 2.45) is 0 Å². The van der Waals surface area contributed by atoms with E-state index in [1.807, 2.05) is 42.5 Å². The maximum absolute atomic E-state index is 12.6. The lowest BCUT2D eigenvalue weighted by Crippen LogP contribution is -2.29. The highest BCUT2D eigenvalue weighted by Crippen LogP contribution is 2.48. The zero-order valence-electron chi connectivity index (χ0n) is 16.5. The van der Waals surface area contributed by atoms with Gasteiger partial charge in [-0.05, 0) is 21.9 Å². The Kier molecular flexibility index (Phi) is 4.92. The number of methoxy groups -OCH3 is 1.